The Morgan fingerprint density at radius 3 is 2.70 bits per heavy atom. The molecule has 0 aromatic heterocycles. The fraction of sp³-hybridized carbons (Fsp3) is 0.375. The minimum absolute atomic E-state index is 0.717. The van der Waals surface area contributed by atoms with E-state index < -0.39 is 0 Å². The summed E-state index contributed by atoms with van der Waals surface area (Å²) in [5, 5.41) is 0.717. The molecule has 0 rings (SSSR count). The predicted octanol–water partition coefficient (Wildman–Crippen LogP) is 2.81. The highest BCUT2D eigenvalue weighted by Gasteiger charge is 1.85. The summed E-state index contributed by atoms with van der Waals surface area (Å²) in [5.74, 6) is 0. The van der Waals surface area contributed by atoms with E-state index in [1.54, 1.807) is 6.21 Å². The van der Waals surface area contributed by atoms with E-state index in [4.69, 9.17) is 0 Å². The fourth-order valence-electron chi connectivity index (χ4n) is 0.454. The first-order chi connectivity index (χ1) is 4.70. The lowest BCUT2D eigenvalue weighted by Crippen LogP contribution is -1.72. The van der Waals surface area contributed by atoms with E-state index in [2.05, 4.69) is 31.1 Å². The van der Waals surface area contributed by atoms with E-state index >= 15 is 0 Å². The first-order valence-corrected chi connectivity index (χ1v) is 3.72. The second-order valence-corrected chi connectivity index (χ2v) is 2.36. The molecule has 0 radical (unpaired) electrons. The summed E-state index contributed by atoms with van der Waals surface area (Å²) in [6, 6.07) is 0. The van der Waals surface area contributed by atoms with Crippen molar-refractivity contribution in [3.63, 3.8) is 0 Å². The summed E-state index contributed by atoms with van der Waals surface area (Å²) in [7, 11) is 0. The van der Waals surface area contributed by atoms with E-state index in [1.807, 2.05) is 13.0 Å². The molecule has 1 nitrogen and oxygen atoms in total. The van der Waals surface area contributed by atoms with Gasteiger partial charge in [0.1, 0.15) is 0 Å². The van der Waals surface area contributed by atoms with Crippen LogP contribution in [0.1, 0.15) is 20.3 Å². The largest absolute Gasteiger partial charge is 0.255 e. The van der Waals surface area contributed by atoms with Gasteiger partial charge in [0.05, 0.1) is 5.03 Å². The van der Waals surface area contributed by atoms with Gasteiger partial charge >= 0.3 is 0 Å². The van der Waals surface area contributed by atoms with Crippen molar-refractivity contribution < 1.29 is 0 Å². The molecule has 0 bridgehead atoms. The molecule has 0 unspecified atom stereocenters. The lowest BCUT2D eigenvalue weighted by atomic mass is 10.2. The summed E-state index contributed by atoms with van der Waals surface area (Å²) in [4.78, 5) is 3.95. The Morgan fingerprint density at radius 2 is 2.30 bits per heavy atom. The summed E-state index contributed by atoms with van der Waals surface area (Å²) >= 11 is 4.11. The van der Waals surface area contributed by atoms with Crippen LogP contribution in [0.5, 0.6) is 0 Å². The molecule has 0 spiro atoms. The van der Waals surface area contributed by atoms with Crippen LogP contribution in [0, 0.1) is 0 Å². The van der Waals surface area contributed by atoms with Crippen molar-refractivity contribution >= 4 is 18.8 Å². The zero-order valence-corrected chi connectivity index (χ0v) is 7.36. The first kappa shape index (κ1) is 9.50. The van der Waals surface area contributed by atoms with Crippen molar-refractivity contribution in [3.05, 3.63) is 23.3 Å². The molecule has 10 heavy (non-hydrogen) atoms. The average Bonchev–Trinajstić information content (AvgIpc) is 1.88. The van der Waals surface area contributed by atoms with Gasteiger partial charge in [-0.3, -0.25) is 4.99 Å². The molecule has 0 aromatic rings. The quantitative estimate of drug-likeness (QED) is 0.365. The van der Waals surface area contributed by atoms with Gasteiger partial charge in [-0.1, -0.05) is 19.1 Å². The Labute approximate surface area is 68.0 Å². The zero-order chi connectivity index (χ0) is 7.98. The highest BCUT2D eigenvalue weighted by atomic mass is 32.1. The number of hydrogen-bond acceptors (Lipinski definition) is 2. The molecule has 56 valence electrons. The smallest absolute Gasteiger partial charge is 0.0927 e. The number of hydrogen-bond donors (Lipinski definition) is 1. The summed E-state index contributed by atoms with van der Waals surface area (Å²) in [6.45, 7) is 7.71. The van der Waals surface area contributed by atoms with E-state index in [-0.39, 0.29) is 0 Å². The molecule has 0 aliphatic rings. The second-order valence-electron chi connectivity index (χ2n) is 1.90. The molecule has 0 saturated heterocycles. The molecule has 0 atom stereocenters. The third-order valence-electron chi connectivity index (χ3n) is 1.05. The highest BCUT2D eigenvalue weighted by Crippen LogP contribution is 2.07. The van der Waals surface area contributed by atoms with E-state index in [0.29, 0.717) is 5.03 Å². The van der Waals surface area contributed by atoms with Crippen LogP contribution in [0.3, 0.4) is 0 Å². The molecule has 0 aliphatic heterocycles. The number of rotatable bonds is 3. The first-order valence-electron chi connectivity index (χ1n) is 3.27. The van der Waals surface area contributed by atoms with E-state index in [9.17, 15) is 0 Å². The van der Waals surface area contributed by atoms with Gasteiger partial charge in [0, 0.05) is 6.21 Å². The predicted molar refractivity (Wildman–Crippen MR) is 50.7 cm³/mol. The van der Waals surface area contributed by atoms with Crippen molar-refractivity contribution in [2.45, 2.75) is 20.3 Å². The molecular formula is C8H13NS. The monoisotopic (exact) mass is 155 g/mol. The van der Waals surface area contributed by atoms with Gasteiger partial charge in [-0.25, -0.2) is 0 Å². The van der Waals surface area contributed by atoms with Crippen LogP contribution in [0.15, 0.2) is 28.2 Å². The normalized spacial score (nSPS) is 12.5. The minimum atomic E-state index is 0.717. The highest BCUT2D eigenvalue weighted by molar-refractivity contribution is 7.84. The molecule has 0 fully saturated rings. The van der Waals surface area contributed by atoms with Crippen molar-refractivity contribution in [2.24, 2.45) is 4.99 Å². The lowest BCUT2D eigenvalue weighted by Gasteiger charge is -1.92. The van der Waals surface area contributed by atoms with Crippen LogP contribution in [-0.4, -0.2) is 6.21 Å². The maximum Gasteiger partial charge on any atom is 0.0927 e. The molecule has 2 heteroatoms. The molecule has 0 saturated carbocycles. The molecule has 0 heterocycles. The average molecular weight is 155 g/mol. The number of thiol groups is 1. The third kappa shape index (κ3) is 4.39. The molecule has 0 aromatic carbocycles. The summed E-state index contributed by atoms with van der Waals surface area (Å²) in [5.41, 5.74) is 1.05. The summed E-state index contributed by atoms with van der Waals surface area (Å²) in [6.07, 6.45) is 4.52. The van der Waals surface area contributed by atoms with Gasteiger partial charge in [0.15, 0.2) is 0 Å². The number of allylic oxidation sites excluding steroid dienone is 2. The minimum Gasteiger partial charge on any atom is -0.255 e. The number of aliphatic imine (C=N–C) groups is 1. The van der Waals surface area contributed by atoms with Crippen LogP contribution in [0.4, 0.5) is 0 Å². The van der Waals surface area contributed by atoms with Gasteiger partial charge in [-0.2, -0.15) is 0 Å². The van der Waals surface area contributed by atoms with Gasteiger partial charge in [0.2, 0.25) is 0 Å². The zero-order valence-electron chi connectivity index (χ0n) is 6.46. The second kappa shape index (κ2) is 5.30. The molecular weight excluding hydrogens is 142 g/mol. The lowest BCUT2D eigenvalue weighted by molar-refractivity contribution is 1.15. The molecule has 0 amide bonds. The SMILES string of the molecule is C=C(/C=C(/S)N=CC)CC. The van der Waals surface area contributed by atoms with E-state index in [0.717, 1.165) is 12.0 Å². The maximum atomic E-state index is 4.11. The summed E-state index contributed by atoms with van der Waals surface area (Å²) < 4.78 is 0. The molecule has 0 N–H and O–H groups in total. The van der Waals surface area contributed by atoms with Crippen molar-refractivity contribution in [2.75, 3.05) is 0 Å². The standard InChI is InChI=1S/C8H13NS/c1-4-7(3)6-8(10)9-5-2/h5-6,10H,3-4H2,1-2H3/b8-6+,9-5?. The maximum absolute atomic E-state index is 4.11. The van der Waals surface area contributed by atoms with Gasteiger partial charge in [0.25, 0.3) is 0 Å². The van der Waals surface area contributed by atoms with Crippen LogP contribution in [0.2, 0.25) is 0 Å². The molecule has 0 aliphatic carbocycles. The van der Waals surface area contributed by atoms with Crippen molar-refractivity contribution in [1.82, 2.24) is 0 Å². The Balaban J connectivity index is 4.02. The Kier molecular flexibility index (Phi) is 5.03. The Morgan fingerprint density at radius 1 is 1.70 bits per heavy atom. The number of nitrogens with zero attached hydrogens (tertiary/aromatic N) is 1. The Hall–Kier alpha value is -0.500. The third-order valence-corrected chi connectivity index (χ3v) is 1.29. The van der Waals surface area contributed by atoms with Crippen LogP contribution in [-0.2, 0) is 0 Å². The Bertz CT molecular complexity index is 168. The van der Waals surface area contributed by atoms with E-state index in [1.165, 1.54) is 0 Å². The topological polar surface area (TPSA) is 12.4 Å². The fourth-order valence-corrected chi connectivity index (χ4v) is 0.752. The van der Waals surface area contributed by atoms with Crippen molar-refractivity contribution in [3.8, 4) is 0 Å². The van der Waals surface area contributed by atoms with Gasteiger partial charge < -0.3 is 0 Å². The van der Waals surface area contributed by atoms with Crippen LogP contribution < -0.4 is 0 Å². The van der Waals surface area contributed by atoms with Gasteiger partial charge in [-0.15, -0.1) is 12.6 Å². The van der Waals surface area contributed by atoms with Gasteiger partial charge in [-0.05, 0) is 19.4 Å². The van der Waals surface area contributed by atoms with Crippen molar-refractivity contribution in [1.29, 1.82) is 0 Å². The van der Waals surface area contributed by atoms with Crippen LogP contribution >= 0.6 is 12.6 Å². The van der Waals surface area contributed by atoms with Crippen LogP contribution in [0.25, 0.3) is 0 Å².